The Hall–Kier alpha value is -3.38. The number of hydrogen-bond donors (Lipinski definition) is 1. The molecule has 6 nitrogen and oxygen atoms in total. The molecule has 142 valence electrons. The Morgan fingerprint density at radius 2 is 1.86 bits per heavy atom. The van der Waals surface area contributed by atoms with Crippen LogP contribution in [0.5, 0.6) is 11.5 Å². The summed E-state index contributed by atoms with van der Waals surface area (Å²) in [5.74, 6) is 0.863. The minimum atomic E-state index is -0.312. The van der Waals surface area contributed by atoms with Gasteiger partial charge in [0.2, 0.25) is 0 Å². The molecule has 1 heterocycles. The van der Waals surface area contributed by atoms with Crippen molar-refractivity contribution in [1.29, 1.82) is 0 Å². The van der Waals surface area contributed by atoms with Crippen LogP contribution in [0.1, 0.15) is 21.5 Å². The Balaban J connectivity index is 1.62. The summed E-state index contributed by atoms with van der Waals surface area (Å²) < 4.78 is 11.2. The predicted octanol–water partition coefficient (Wildman–Crippen LogP) is 4.09. The van der Waals surface area contributed by atoms with E-state index in [0.29, 0.717) is 28.7 Å². The lowest BCUT2D eigenvalue weighted by Gasteiger charge is -2.11. The Morgan fingerprint density at radius 3 is 2.57 bits per heavy atom. The average molecular weight is 396 g/mol. The molecular weight excluding hydrogens is 378 g/mol. The fraction of sp³-hybridized carbons (Fsp3) is 0.0952. The summed E-state index contributed by atoms with van der Waals surface area (Å²) in [5, 5.41) is 4.65. The highest BCUT2D eigenvalue weighted by Crippen LogP contribution is 2.28. The molecule has 0 unspecified atom stereocenters. The first kappa shape index (κ1) is 19.4. The van der Waals surface area contributed by atoms with Crippen molar-refractivity contribution in [2.75, 3.05) is 7.11 Å². The first-order valence-electron chi connectivity index (χ1n) is 8.44. The van der Waals surface area contributed by atoms with Crippen molar-refractivity contribution >= 4 is 23.7 Å². The number of carbonyl (C=O) groups is 1. The lowest BCUT2D eigenvalue weighted by Crippen LogP contribution is -2.17. The maximum absolute atomic E-state index is 11.9. The summed E-state index contributed by atoms with van der Waals surface area (Å²) in [4.78, 5) is 15.8. The number of rotatable bonds is 7. The molecule has 0 bridgehead atoms. The highest BCUT2D eigenvalue weighted by molar-refractivity contribution is 6.30. The maximum Gasteiger partial charge on any atom is 0.271 e. The summed E-state index contributed by atoms with van der Waals surface area (Å²) in [7, 11) is 1.57. The molecule has 0 aliphatic carbocycles. The van der Waals surface area contributed by atoms with Gasteiger partial charge in [0.15, 0.2) is 11.5 Å². The third kappa shape index (κ3) is 5.31. The van der Waals surface area contributed by atoms with Crippen LogP contribution < -0.4 is 14.9 Å². The summed E-state index contributed by atoms with van der Waals surface area (Å²) >= 11 is 5.89. The summed E-state index contributed by atoms with van der Waals surface area (Å²) in [5.41, 5.74) is 4.70. The number of halogens is 1. The van der Waals surface area contributed by atoms with Crippen molar-refractivity contribution in [3.8, 4) is 11.5 Å². The predicted molar refractivity (Wildman–Crippen MR) is 108 cm³/mol. The molecular formula is C21H18ClN3O3. The number of ether oxygens (including phenoxy) is 2. The topological polar surface area (TPSA) is 72.8 Å². The van der Waals surface area contributed by atoms with E-state index >= 15 is 0 Å². The number of amides is 1. The van der Waals surface area contributed by atoms with Gasteiger partial charge >= 0.3 is 0 Å². The lowest BCUT2D eigenvalue weighted by atomic mass is 10.2. The Bertz CT molecular complexity index is 960. The van der Waals surface area contributed by atoms with Crippen LogP contribution in [0.15, 0.2) is 72.1 Å². The molecule has 0 atom stereocenters. The van der Waals surface area contributed by atoms with Crippen LogP contribution in [0.25, 0.3) is 0 Å². The van der Waals surface area contributed by atoms with Gasteiger partial charge in [-0.15, -0.1) is 0 Å². The highest BCUT2D eigenvalue weighted by Gasteiger charge is 2.06. The largest absolute Gasteiger partial charge is 0.493 e. The van der Waals surface area contributed by atoms with Gasteiger partial charge in [-0.3, -0.25) is 9.78 Å². The van der Waals surface area contributed by atoms with Gasteiger partial charge in [0.1, 0.15) is 6.61 Å². The minimum Gasteiger partial charge on any atom is -0.493 e. The number of pyridine rings is 1. The van der Waals surface area contributed by atoms with E-state index in [0.717, 1.165) is 11.1 Å². The monoisotopic (exact) mass is 395 g/mol. The van der Waals surface area contributed by atoms with Crippen LogP contribution in [-0.2, 0) is 6.61 Å². The van der Waals surface area contributed by atoms with E-state index in [9.17, 15) is 4.79 Å². The number of nitrogens with one attached hydrogen (secondary N) is 1. The van der Waals surface area contributed by atoms with E-state index in [4.69, 9.17) is 21.1 Å². The SMILES string of the molecule is COc1cc(C=NNC(=O)c2ccncc2)ccc1OCc1ccc(Cl)cc1. The fourth-order valence-electron chi connectivity index (χ4n) is 2.36. The molecule has 0 saturated heterocycles. The van der Waals surface area contributed by atoms with E-state index in [-0.39, 0.29) is 5.91 Å². The third-order valence-corrected chi connectivity index (χ3v) is 4.07. The molecule has 2 aromatic carbocycles. The van der Waals surface area contributed by atoms with Crippen molar-refractivity contribution in [2.24, 2.45) is 5.10 Å². The number of hydrazone groups is 1. The minimum absolute atomic E-state index is 0.312. The first-order chi connectivity index (χ1) is 13.7. The zero-order valence-electron chi connectivity index (χ0n) is 15.1. The van der Waals surface area contributed by atoms with Crippen LogP contribution in [-0.4, -0.2) is 24.2 Å². The van der Waals surface area contributed by atoms with Gasteiger partial charge in [0.05, 0.1) is 13.3 Å². The molecule has 1 amide bonds. The van der Waals surface area contributed by atoms with Crippen molar-refractivity contribution < 1.29 is 14.3 Å². The number of methoxy groups -OCH3 is 1. The molecule has 0 aliphatic heterocycles. The second-order valence-electron chi connectivity index (χ2n) is 5.76. The van der Waals surface area contributed by atoms with Gasteiger partial charge in [-0.05, 0) is 53.6 Å². The van der Waals surface area contributed by atoms with Crippen LogP contribution in [0.4, 0.5) is 0 Å². The normalized spacial score (nSPS) is 10.6. The molecule has 0 spiro atoms. The summed E-state index contributed by atoms with van der Waals surface area (Å²) in [6.07, 6.45) is 4.63. The molecule has 0 saturated carbocycles. The molecule has 1 N–H and O–H groups in total. The average Bonchev–Trinajstić information content (AvgIpc) is 2.74. The van der Waals surface area contributed by atoms with Crippen molar-refractivity contribution in [3.63, 3.8) is 0 Å². The Labute approximate surface area is 167 Å². The smallest absolute Gasteiger partial charge is 0.271 e. The number of nitrogens with zero attached hydrogens (tertiary/aromatic N) is 2. The summed E-state index contributed by atoms with van der Waals surface area (Å²) in [6, 6.07) is 16.1. The first-order valence-corrected chi connectivity index (χ1v) is 8.82. The molecule has 3 rings (SSSR count). The van der Waals surface area contributed by atoms with Gasteiger partial charge < -0.3 is 9.47 Å². The van der Waals surface area contributed by atoms with Crippen LogP contribution in [0.3, 0.4) is 0 Å². The second kappa shape index (κ2) is 9.53. The number of aromatic nitrogens is 1. The van der Waals surface area contributed by atoms with E-state index < -0.39 is 0 Å². The lowest BCUT2D eigenvalue weighted by molar-refractivity contribution is 0.0955. The fourth-order valence-corrected chi connectivity index (χ4v) is 2.48. The summed E-state index contributed by atoms with van der Waals surface area (Å²) in [6.45, 7) is 0.392. The quantitative estimate of drug-likeness (QED) is 0.483. The van der Waals surface area contributed by atoms with E-state index in [1.54, 1.807) is 43.8 Å². The molecule has 3 aromatic rings. The molecule has 0 fully saturated rings. The number of benzene rings is 2. The maximum atomic E-state index is 11.9. The van der Waals surface area contributed by atoms with Crippen LogP contribution in [0.2, 0.25) is 5.02 Å². The van der Waals surface area contributed by atoms with Crippen molar-refractivity contribution in [3.05, 3.63) is 88.7 Å². The zero-order valence-corrected chi connectivity index (χ0v) is 15.9. The number of hydrogen-bond acceptors (Lipinski definition) is 5. The van der Waals surface area contributed by atoms with Crippen LogP contribution in [0, 0.1) is 0 Å². The second-order valence-corrected chi connectivity index (χ2v) is 6.20. The molecule has 0 aliphatic rings. The molecule has 7 heteroatoms. The van der Waals surface area contributed by atoms with E-state index in [1.807, 2.05) is 30.3 Å². The van der Waals surface area contributed by atoms with E-state index in [1.165, 1.54) is 6.21 Å². The highest BCUT2D eigenvalue weighted by atomic mass is 35.5. The Morgan fingerprint density at radius 1 is 1.11 bits per heavy atom. The molecule has 28 heavy (non-hydrogen) atoms. The van der Waals surface area contributed by atoms with Crippen molar-refractivity contribution in [2.45, 2.75) is 6.61 Å². The van der Waals surface area contributed by atoms with Crippen molar-refractivity contribution in [1.82, 2.24) is 10.4 Å². The van der Waals surface area contributed by atoms with Crippen LogP contribution >= 0.6 is 11.6 Å². The van der Waals surface area contributed by atoms with Gasteiger partial charge in [0, 0.05) is 23.0 Å². The zero-order chi connectivity index (χ0) is 19.8. The third-order valence-electron chi connectivity index (χ3n) is 3.82. The molecule has 1 aromatic heterocycles. The Kier molecular flexibility index (Phi) is 6.59. The standard InChI is InChI=1S/C21H18ClN3O3/c1-27-20-12-16(13-24-25-21(26)17-8-10-23-11-9-17)4-7-19(20)28-14-15-2-5-18(22)6-3-15/h2-13H,14H2,1H3,(H,25,26). The van der Waals surface area contributed by atoms with Gasteiger partial charge in [-0.1, -0.05) is 23.7 Å². The number of carbonyl (C=O) groups excluding carboxylic acids is 1. The molecule has 0 radical (unpaired) electrons. The van der Waals surface area contributed by atoms with Gasteiger partial charge in [-0.25, -0.2) is 5.43 Å². The van der Waals surface area contributed by atoms with E-state index in [2.05, 4.69) is 15.5 Å². The van der Waals surface area contributed by atoms with Gasteiger partial charge in [0.25, 0.3) is 5.91 Å². The van der Waals surface area contributed by atoms with Gasteiger partial charge in [-0.2, -0.15) is 5.10 Å².